The zero-order chi connectivity index (χ0) is 27.1. The van der Waals surface area contributed by atoms with Crippen LogP contribution >= 0.6 is 0 Å². The highest BCUT2D eigenvalue weighted by molar-refractivity contribution is 5.89. The molecule has 0 bridgehead atoms. The molecule has 3 aromatic rings. The third-order valence-corrected chi connectivity index (χ3v) is 6.66. The van der Waals surface area contributed by atoms with Crippen molar-refractivity contribution in [3.63, 3.8) is 0 Å². The van der Waals surface area contributed by atoms with E-state index in [0.29, 0.717) is 24.5 Å². The monoisotopic (exact) mass is 519 g/mol. The fraction of sp³-hybridized carbons (Fsp3) is 0.387. The van der Waals surface area contributed by atoms with Gasteiger partial charge in [-0.05, 0) is 80.4 Å². The van der Waals surface area contributed by atoms with Crippen molar-refractivity contribution >= 4 is 11.7 Å². The lowest BCUT2D eigenvalue weighted by molar-refractivity contribution is -0.140. The van der Waals surface area contributed by atoms with Crippen LogP contribution < -0.4 is 19.5 Å². The van der Waals surface area contributed by atoms with Crippen molar-refractivity contribution in [1.29, 1.82) is 0 Å². The smallest absolute Gasteiger partial charge is 0.338 e. The van der Waals surface area contributed by atoms with E-state index in [1.165, 1.54) is 0 Å². The fourth-order valence-corrected chi connectivity index (χ4v) is 4.44. The SMILES string of the molecule is CCCCOC1c2cc(NCc3ccc(OC)cc3)ccc2OC(C)(C)C1OC(=O)c1ccc(OC)cc1. The van der Waals surface area contributed by atoms with Gasteiger partial charge in [0.15, 0.2) is 6.10 Å². The van der Waals surface area contributed by atoms with E-state index in [1.807, 2.05) is 56.3 Å². The van der Waals surface area contributed by atoms with Gasteiger partial charge in [-0.1, -0.05) is 25.5 Å². The molecule has 0 amide bonds. The molecular formula is C31H37NO6. The molecule has 2 atom stereocenters. The van der Waals surface area contributed by atoms with Gasteiger partial charge in [-0.3, -0.25) is 0 Å². The highest BCUT2D eigenvalue weighted by Crippen LogP contribution is 2.44. The van der Waals surface area contributed by atoms with Gasteiger partial charge in [0.2, 0.25) is 0 Å². The second-order valence-corrected chi connectivity index (χ2v) is 9.86. The predicted octanol–water partition coefficient (Wildman–Crippen LogP) is 6.57. The Kier molecular flexibility index (Phi) is 8.79. The molecule has 2 unspecified atom stereocenters. The summed E-state index contributed by atoms with van der Waals surface area (Å²) in [7, 11) is 3.25. The average Bonchev–Trinajstić information content (AvgIpc) is 2.93. The third kappa shape index (κ3) is 6.40. The number of rotatable bonds is 11. The van der Waals surface area contributed by atoms with Crippen LogP contribution in [-0.2, 0) is 16.0 Å². The Hall–Kier alpha value is -3.71. The number of carbonyl (C=O) groups excluding carboxylic acids is 1. The van der Waals surface area contributed by atoms with E-state index in [-0.39, 0.29) is 0 Å². The van der Waals surface area contributed by atoms with Crippen LogP contribution in [0.25, 0.3) is 0 Å². The number of ether oxygens (including phenoxy) is 5. The molecule has 0 saturated heterocycles. The number of unbranched alkanes of at least 4 members (excludes halogenated alkanes) is 1. The van der Waals surface area contributed by atoms with Crippen molar-refractivity contribution in [3.8, 4) is 17.2 Å². The minimum Gasteiger partial charge on any atom is -0.497 e. The second kappa shape index (κ2) is 12.2. The number of methoxy groups -OCH3 is 2. The topological polar surface area (TPSA) is 75.3 Å². The maximum Gasteiger partial charge on any atom is 0.338 e. The maximum absolute atomic E-state index is 13.2. The lowest BCUT2D eigenvalue weighted by atomic mass is 9.87. The summed E-state index contributed by atoms with van der Waals surface area (Å²) in [6, 6.07) is 20.8. The van der Waals surface area contributed by atoms with Gasteiger partial charge in [0, 0.05) is 24.4 Å². The molecule has 202 valence electrons. The molecule has 1 aliphatic rings. The minimum absolute atomic E-state index is 0.435. The third-order valence-electron chi connectivity index (χ3n) is 6.66. The summed E-state index contributed by atoms with van der Waals surface area (Å²) >= 11 is 0. The van der Waals surface area contributed by atoms with Gasteiger partial charge < -0.3 is 29.0 Å². The number of carbonyl (C=O) groups is 1. The van der Waals surface area contributed by atoms with Crippen molar-refractivity contribution < 1.29 is 28.5 Å². The number of anilines is 1. The number of esters is 1. The van der Waals surface area contributed by atoms with Gasteiger partial charge in [0.05, 0.1) is 19.8 Å². The Morgan fingerprint density at radius 1 is 0.947 bits per heavy atom. The first-order chi connectivity index (χ1) is 18.3. The molecule has 0 saturated carbocycles. The first-order valence-corrected chi connectivity index (χ1v) is 13.0. The number of benzene rings is 3. The van der Waals surface area contributed by atoms with Crippen molar-refractivity contribution in [1.82, 2.24) is 0 Å². The summed E-state index contributed by atoms with van der Waals surface area (Å²) in [5.74, 6) is 1.79. The van der Waals surface area contributed by atoms with E-state index < -0.39 is 23.8 Å². The molecule has 3 aromatic carbocycles. The van der Waals surface area contributed by atoms with Crippen molar-refractivity contribution in [2.75, 3.05) is 26.1 Å². The molecule has 0 aromatic heterocycles. The first kappa shape index (κ1) is 27.3. The quantitative estimate of drug-likeness (QED) is 0.227. The average molecular weight is 520 g/mol. The largest absolute Gasteiger partial charge is 0.497 e. The number of hydrogen-bond donors (Lipinski definition) is 1. The Bertz CT molecular complexity index is 1210. The molecule has 4 rings (SSSR count). The molecule has 1 aliphatic heterocycles. The van der Waals surface area contributed by atoms with Crippen LogP contribution in [-0.4, -0.2) is 38.5 Å². The summed E-state index contributed by atoms with van der Waals surface area (Å²) in [5.41, 5.74) is 2.54. The van der Waals surface area contributed by atoms with Gasteiger partial charge in [-0.2, -0.15) is 0 Å². The molecule has 7 heteroatoms. The lowest BCUT2D eigenvalue weighted by Crippen LogP contribution is -2.51. The van der Waals surface area contributed by atoms with Crippen LogP contribution in [0.2, 0.25) is 0 Å². The van der Waals surface area contributed by atoms with Crippen molar-refractivity contribution in [2.45, 2.75) is 58.0 Å². The Labute approximate surface area is 225 Å². The molecule has 1 N–H and O–H groups in total. The first-order valence-electron chi connectivity index (χ1n) is 13.0. The number of fused-ring (bicyclic) bond motifs is 1. The highest BCUT2D eigenvalue weighted by atomic mass is 16.6. The Morgan fingerprint density at radius 2 is 1.61 bits per heavy atom. The highest BCUT2D eigenvalue weighted by Gasteiger charge is 2.47. The summed E-state index contributed by atoms with van der Waals surface area (Å²) in [5, 5.41) is 3.48. The number of nitrogens with one attached hydrogen (secondary N) is 1. The predicted molar refractivity (Wildman–Crippen MR) is 147 cm³/mol. The molecule has 7 nitrogen and oxygen atoms in total. The summed E-state index contributed by atoms with van der Waals surface area (Å²) in [6.07, 6.45) is 0.768. The fourth-order valence-electron chi connectivity index (χ4n) is 4.44. The van der Waals surface area contributed by atoms with E-state index in [2.05, 4.69) is 12.2 Å². The standard InChI is InChI=1S/C31H37NO6/c1-6-7-18-36-28-26-19-23(32-20-21-8-13-24(34-4)14-9-21)12-17-27(26)38-31(2,3)29(28)37-30(33)22-10-15-25(35-5)16-11-22/h8-17,19,28-29,32H,6-7,18,20H2,1-5H3. The van der Waals surface area contributed by atoms with E-state index in [1.54, 1.807) is 38.5 Å². The molecule has 0 radical (unpaired) electrons. The summed E-state index contributed by atoms with van der Waals surface area (Å²) < 4.78 is 29.3. The van der Waals surface area contributed by atoms with Crippen LogP contribution in [0.3, 0.4) is 0 Å². The summed E-state index contributed by atoms with van der Waals surface area (Å²) in [4.78, 5) is 13.2. The molecule has 0 spiro atoms. The van der Waals surface area contributed by atoms with Crippen LogP contribution in [0.15, 0.2) is 66.7 Å². The maximum atomic E-state index is 13.2. The van der Waals surface area contributed by atoms with Gasteiger partial charge >= 0.3 is 5.97 Å². The van der Waals surface area contributed by atoms with Crippen LogP contribution in [0.5, 0.6) is 17.2 Å². The van der Waals surface area contributed by atoms with E-state index >= 15 is 0 Å². The Morgan fingerprint density at radius 3 is 2.24 bits per heavy atom. The van der Waals surface area contributed by atoms with E-state index in [9.17, 15) is 4.79 Å². The van der Waals surface area contributed by atoms with Crippen LogP contribution in [0.1, 0.15) is 61.2 Å². The molecule has 0 fully saturated rings. The molecule has 1 heterocycles. The zero-order valence-electron chi connectivity index (χ0n) is 22.8. The normalized spacial score (nSPS) is 17.6. The minimum atomic E-state index is -0.802. The van der Waals surface area contributed by atoms with Gasteiger partial charge in [0.25, 0.3) is 0 Å². The summed E-state index contributed by atoms with van der Waals surface area (Å²) in [6.45, 7) is 7.17. The second-order valence-electron chi connectivity index (χ2n) is 9.86. The van der Waals surface area contributed by atoms with Crippen molar-refractivity contribution in [2.24, 2.45) is 0 Å². The van der Waals surface area contributed by atoms with E-state index in [0.717, 1.165) is 41.2 Å². The lowest BCUT2D eigenvalue weighted by Gasteiger charge is -2.43. The van der Waals surface area contributed by atoms with E-state index in [4.69, 9.17) is 23.7 Å². The zero-order valence-corrected chi connectivity index (χ0v) is 22.8. The molecular weight excluding hydrogens is 482 g/mol. The van der Waals surface area contributed by atoms with Gasteiger partial charge in [-0.25, -0.2) is 4.79 Å². The van der Waals surface area contributed by atoms with Gasteiger partial charge in [0.1, 0.15) is 29.0 Å². The molecule has 38 heavy (non-hydrogen) atoms. The van der Waals surface area contributed by atoms with Crippen LogP contribution in [0, 0.1) is 0 Å². The van der Waals surface area contributed by atoms with Gasteiger partial charge in [-0.15, -0.1) is 0 Å². The van der Waals surface area contributed by atoms with Crippen LogP contribution in [0.4, 0.5) is 5.69 Å². The Balaban J connectivity index is 1.58. The molecule has 0 aliphatic carbocycles. The number of hydrogen-bond acceptors (Lipinski definition) is 7. The van der Waals surface area contributed by atoms with Crippen molar-refractivity contribution in [3.05, 3.63) is 83.4 Å².